The second kappa shape index (κ2) is 18.2. The zero-order valence-corrected chi connectivity index (χ0v) is 39.1. The number of anilines is 2. The molecular formula is C47H64F2N6O8S. The highest BCUT2D eigenvalue weighted by Gasteiger charge is 2.35. The van der Waals surface area contributed by atoms with Crippen molar-refractivity contribution in [2.24, 2.45) is 17.6 Å². The van der Waals surface area contributed by atoms with Gasteiger partial charge in [0.15, 0.2) is 0 Å². The number of nitrogens with one attached hydrogen (secondary N) is 1. The molecule has 8 rings (SSSR count). The van der Waals surface area contributed by atoms with Crippen LogP contribution in [0.5, 0.6) is 11.5 Å². The molecule has 4 aliphatic rings. The van der Waals surface area contributed by atoms with E-state index in [-0.39, 0.29) is 65.1 Å². The second-order valence-electron chi connectivity index (χ2n) is 19.5. The minimum absolute atomic E-state index is 0.00268. The summed E-state index contributed by atoms with van der Waals surface area (Å²) in [6.45, 7) is 15.8. The predicted octanol–water partition coefficient (Wildman–Crippen LogP) is 7.00. The number of hydrogen-bond donors (Lipinski definition) is 3. The van der Waals surface area contributed by atoms with Crippen molar-refractivity contribution in [2.45, 2.75) is 123 Å². The summed E-state index contributed by atoms with van der Waals surface area (Å²) < 4.78 is 68.1. The van der Waals surface area contributed by atoms with E-state index in [0.29, 0.717) is 76.5 Å². The van der Waals surface area contributed by atoms with Gasteiger partial charge in [0.25, 0.3) is 11.1 Å². The van der Waals surface area contributed by atoms with E-state index in [1.165, 1.54) is 30.5 Å². The highest BCUT2D eigenvalue weighted by Crippen LogP contribution is 2.44. The third kappa shape index (κ3) is 10.3. The molecule has 350 valence electrons. The molecule has 1 amide bonds. The molecule has 0 unspecified atom stereocenters. The molecule has 4 N–H and O–H groups in total. The standard InChI is InChI=1S/C24H32FN3O4.C23H32FN3O4S/c1-13-21-17(19(29)11-20(30)28(21)16-6-7-16)10-18(25)22(13)27-9-8-15(12-27)14(2)26-23(31)32-24(3,4)5;1-14-22-18(11-19(24)23(14)26-8-7-16(13-26)15(2)25)20(31-9-4-10-32(3,29)30)12-21(28)27(22)17-5-6-17/h10-11,14-16,29H,6-9,12H2,1-5H3,(H,26,31);11-12,15-17H,4-10,13,25H2,1-3H3/t14-,15+;15-,16+/m00/s1. The number of nitrogens with two attached hydrogens (primary N) is 1. The molecule has 2 aliphatic carbocycles. The average molecular weight is 911 g/mol. The molecule has 4 aromatic rings. The molecule has 64 heavy (non-hydrogen) atoms. The smallest absolute Gasteiger partial charge is 0.407 e. The van der Waals surface area contributed by atoms with E-state index in [9.17, 15) is 27.9 Å². The highest BCUT2D eigenvalue weighted by atomic mass is 32.2. The largest absolute Gasteiger partial charge is 0.507 e. The molecule has 2 saturated heterocycles. The van der Waals surface area contributed by atoms with Gasteiger partial charge in [0.05, 0.1) is 34.8 Å². The number of aromatic hydroxyl groups is 1. The maximum atomic E-state index is 15.4. The molecule has 4 heterocycles. The monoisotopic (exact) mass is 910 g/mol. The first-order chi connectivity index (χ1) is 30.0. The summed E-state index contributed by atoms with van der Waals surface area (Å²) in [5.41, 5.74) is 8.78. The topological polar surface area (TPSA) is 178 Å². The highest BCUT2D eigenvalue weighted by molar-refractivity contribution is 7.90. The fourth-order valence-electron chi connectivity index (χ4n) is 9.48. The number of aryl methyl sites for hydroxylation is 2. The van der Waals surface area contributed by atoms with E-state index >= 15 is 8.78 Å². The van der Waals surface area contributed by atoms with Gasteiger partial charge in [-0.25, -0.2) is 22.0 Å². The van der Waals surface area contributed by atoms with Crippen LogP contribution in [-0.2, 0) is 14.6 Å². The van der Waals surface area contributed by atoms with Crippen LogP contribution in [-0.4, -0.2) is 91.2 Å². The van der Waals surface area contributed by atoms with Gasteiger partial charge in [-0.05, 0) is 129 Å². The van der Waals surface area contributed by atoms with Crippen LogP contribution >= 0.6 is 0 Å². The number of carbonyl (C=O) groups excluding carboxylic acids is 1. The summed E-state index contributed by atoms with van der Waals surface area (Å²) >= 11 is 0. The van der Waals surface area contributed by atoms with Crippen LogP contribution in [0.4, 0.5) is 25.0 Å². The number of rotatable bonds is 12. The van der Waals surface area contributed by atoms with Crippen molar-refractivity contribution in [1.82, 2.24) is 14.5 Å². The van der Waals surface area contributed by atoms with Crippen molar-refractivity contribution in [1.29, 1.82) is 0 Å². The molecule has 4 fully saturated rings. The number of benzene rings is 2. The van der Waals surface area contributed by atoms with E-state index in [0.717, 1.165) is 50.6 Å². The molecule has 4 atom stereocenters. The van der Waals surface area contributed by atoms with Gasteiger partial charge in [-0.3, -0.25) is 9.59 Å². The number of aromatic nitrogens is 2. The van der Waals surface area contributed by atoms with E-state index in [4.69, 9.17) is 15.2 Å². The lowest BCUT2D eigenvalue weighted by Crippen LogP contribution is -2.42. The number of hydrogen-bond acceptors (Lipinski definition) is 11. The van der Waals surface area contributed by atoms with E-state index in [2.05, 4.69) is 5.32 Å². The predicted molar refractivity (Wildman–Crippen MR) is 247 cm³/mol. The van der Waals surface area contributed by atoms with E-state index < -0.39 is 27.3 Å². The zero-order valence-electron chi connectivity index (χ0n) is 38.3. The Hall–Kier alpha value is -4.90. The summed E-state index contributed by atoms with van der Waals surface area (Å²) in [7, 11) is -3.10. The van der Waals surface area contributed by atoms with Gasteiger partial charge in [0, 0.05) is 79.5 Å². The quantitative estimate of drug-likeness (QED) is 0.125. The number of pyridine rings is 2. The van der Waals surface area contributed by atoms with Gasteiger partial charge >= 0.3 is 6.09 Å². The number of halogens is 2. The summed E-state index contributed by atoms with van der Waals surface area (Å²) in [6.07, 6.45) is 6.39. The zero-order chi connectivity index (χ0) is 46.6. The Labute approximate surface area is 373 Å². The van der Waals surface area contributed by atoms with E-state index in [1.54, 1.807) is 9.13 Å². The average Bonchev–Trinajstić information content (AvgIpc) is 4.10. The van der Waals surface area contributed by atoms with Gasteiger partial charge in [-0.1, -0.05) is 0 Å². The summed E-state index contributed by atoms with van der Waals surface area (Å²) in [5, 5.41) is 14.1. The van der Waals surface area contributed by atoms with Gasteiger partial charge in [-0.15, -0.1) is 0 Å². The third-order valence-electron chi connectivity index (χ3n) is 13.0. The summed E-state index contributed by atoms with van der Waals surface area (Å²) in [4.78, 5) is 41.8. The number of alkyl carbamates (subject to hydrolysis) is 1. The van der Waals surface area contributed by atoms with Gasteiger partial charge in [-0.2, -0.15) is 0 Å². The Morgan fingerprint density at radius 3 is 1.84 bits per heavy atom. The molecule has 0 spiro atoms. The number of sulfone groups is 1. The van der Waals surface area contributed by atoms with Crippen LogP contribution in [0.3, 0.4) is 0 Å². The SMILES string of the molecule is Cc1c(N2CC[C@@H]([C@H](C)N)C2)c(F)cc2c(OCCCS(C)(=O)=O)cc(=O)n(C3CC3)c12.Cc1c(N2CC[C@@H]([C@H](C)NC(=O)OC(C)(C)C)C2)c(F)cc2c(O)cc(=O)n(C3CC3)c12. The second-order valence-corrected chi connectivity index (χ2v) is 21.7. The number of fused-ring (bicyclic) bond motifs is 2. The molecule has 0 bridgehead atoms. The molecule has 14 nitrogen and oxygen atoms in total. The van der Waals surface area contributed by atoms with Gasteiger partial charge < -0.3 is 44.6 Å². The van der Waals surface area contributed by atoms with Crippen molar-refractivity contribution in [3.8, 4) is 11.5 Å². The first-order valence-corrected chi connectivity index (χ1v) is 24.6. The molecular weight excluding hydrogens is 847 g/mol. The van der Waals surface area contributed by atoms with Crippen LogP contribution in [0.15, 0.2) is 33.9 Å². The minimum atomic E-state index is -3.10. The van der Waals surface area contributed by atoms with Crippen LogP contribution in [0.2, 0.25) is 0 Å². The molecule has 2 aliphatic heterocycles. The molecule has 2 saturated carbocycles. The molecule has 0 radical (unpaired) electrons. The van der Waals surface area contributed by atoms with Crippen LogP contribution < -0.4 is 36.7 Å². The lowest BCUT2D eigenvalue weighted by molar-refractivity contribution is 0.0494. The Morgan fingerprint density at radius 2 is 1.34 bits per heavy atom. The van der Waals surface area contributed by atoms with Gasteiger partial charge in [0.2, 0.25) is 0 Å². The van der Waals surface area contributed by atoms with Crippen molar-refractivity contribution >= 4 is 49.1 Å². The van der Waals surface area contributed by atoms with E-state index in [1.807, 2.05) is 58.3 Å². The minimum Gasteiger partial charge on any atom is -0.507 e. The third-order valence-corrected chi connectivity index (χ3v) is 14.0. The maximum absolute atomic E-state index is 15.4. The van der Waals surface area contributed by atoms with Crippen LogP contribution in [0.25, 0.3) is 21.8 Å². The normalized spacial score (nSPS) is 20.0. The summed E-state index contributed by atoms with van der Waals surface area (Å²) in [6, 6.07) is 5.51. The Balaban J connectivity index is 0.000000191. The van der Waals surface area contributed by atoms with Crippen LogP contribution in [0.1, 0.15) is 103 Å². The lowest BCUT2D eigenvalue weighted by atomic mass is 10.0. The fourth-order valence-corrected chi connectivity index (χ4v) is 10.1. The van der Waals surface area contributed by atoms with Crippen molar-refractivity contribution in [3.05, 3.63) is 67.7 Å². The van der Waals surface area contributed by atoms with Crippen molar-refractivity contribution in [2.75, 3.05) is 54.6 Å². The van der Waals surface area contributed by atoms with Crippen LogP contribution in [0, 0.1) is 37.3 Å². The first kappa shape index (κ1) is 47.1. The number of amides is 1. The van der Waals surface area contributed by atoms with Crippen molar-refractivity contribution in [3.63, 3.8) is 0 Å². The van der Waals surface area contributed by atoms with Crippen molar-refractivity contribution < 1.29 is 36.6 Å². The fraction of sp³-hybridized carbons (Fsp3) is 0.596. The molecule has 17 heteroatoms. The van der Waals surface area contributed by atoms with Gasteiger partial charge in [0.1, 0.15) is 38.6 Å². The Morgan fingerprint density at radius 1 is 0.844 bits per heavy atom. The molecule has 2 aromatic carbocycles. The Bertz CT molecular complexity index is 2670. The maximum Gasteiger partial charge on any atom is 0.407 e. The Kier molecular flexibility index (Phi) is 13.4. The number of ether oxygens (including phenoxy) is 2. The number of nitrogens with zero attached hydrogens (tertiary/aromatic N) is 4. The summed E-state index contributed by atoms with van der Waals surface area (Å²) in [5.74, 6) is -0.214. The molecule has 2 aromatic heterocycles. The lowest BCUT2D eigenvalue weighted by Gasteiger charge is -2.26. The first-order valence-electron chi connectivity index (χ1n) is 22.5. The number of carbonyl (C=O) groups is 1.